The first-order chi connectivity index (χ1) is 10.6. The number of carbonyl (C=O) groups is 2. The molecule has 1 saturated heterocycles. The fraction of sp³-hybridized carbons (Fsp3) is 0.529. The maximum absolute atomic E-state index is 12.2. The monoisotopic (exact) mass is 301 g/mol. The predicted octanol–water partition coefficient (Wildman–Crippen LogP) is 1.76. The minimum Gasteiger partial charge on any atom is -0.348 e. The molecule has 1 aliphatic heterocycles. The number of hydrogen-bond donors (Lipinski definition) is 3. The van der Waals surface area contributed by atoms with E-state index in [0.29, 0.717) is 11.5 Å². The van der Waals surface area contributed by atoms with Crippen molar-refractivity contribution in [2.75, 3.05) is 18.4 Å². The Morgan fingerprint density at radius 3 is 2.55 bits per heavy atom. The first-order valence-corrected chi connectivity index (χ1v) is 8.06. The number of amides is 2. The van der Waals surface area contributed by atoms with Crippen molar-refractivity contribution in [3.8, 4) is 0 Å². The van der Waals surface area contributed by atoms with E-state index < -0.39 is 0 Å². The van der Waals surface area contributed by atoms with Gasteiger partial charge in [0.25, 0.3) is 5.91 Å². The van der Waals surface area contributed by atoms with Gasteiger partial charge in [0, 0.05) is 29.8 Å². The van der Waals surface area contributed by atoms with Gasteiger partial charge in [-0.2, -0.15) is 0 Å². The van der Waals surface area contributed by atoms with Crippen LogP contribution in [0.3, 0.4) is 0 Å². The lowest BCUT2D eigenvalue weighted by atomic mass is 10.1. The summed E-state index contributed by atoms with van der Waals surface area (Å²) in [5.74, 6) is 0.677. The fourth-order valence-electron chi connectivity index (χ4n) is 2.87. The van der Waals surface area contributed by atoms with Crippen LogP contribution in [0.5, 0.6) is 0 Å². The van der Waals surface area contributed by atoms with Gasteiger partial charge in [-0.15, -0.1) is 0 Å². The molecule has 1 saturated carbocycles. The molecule has 3 rings (SSSR count). The van der Waals surface area contributed by atoms with Crippen molar-refractivity contribution in [2.45, 2.75) is 32.2 Å². The van der Waals surface area contributed by atoms with E-state index in [1.165, 1.54) is 0 Å². The Hall–Kier alpha value is -1.88. The van der Waals surface area contributed by atoms with Crippen LogP contribution < -0.4 is 16.0 Å². The third kappa shape index (κ3) is 3.65. The number of anilines is 1. The molecule has 3 atom stereocenters. The first kappa shape index (κ1) is 15.0. The third-order valence-electron chi connectivity index (χ3n) is 4.49. The molecule has 118 valence electrons. The molecule has 1 aromatic rings. The van der Waals surface area contributed by atoms with Crippen LogP contribution in [-0.2, 0) is 4.79 Å². The van der Waals surface area contributed by atoms with Crippen LogP contribution in [0.15, 0.2) is 24.3 Å². The van der Waals surface area contributed by atoms with Gasteiger partial charge in [0.15, 0.2) is 0 Å². The molecule has 2 fully saturated rings. The maximum atomic E-state index is 12.2. The topological polar surface area (TPSA) is 70.2 Å². The maximum Gasteiger partial charge on any atom is 0.251 e. The number of piperidine rings is 1. The highest BCUT2D eigenvalue weighted by molar-refractivity contribution is 5.97. The van der Waals surface area contributed by atoms with Gasteiger partial charge in [-0.1, -0.05) is 6.92 Å². The number of carbonyl (C=O) groups excluding carboxylic acids is 2. The van der Waals surface area contributed by atoms with Crippen LogP contribution >= 0.6 is 0 Å². The van der Waals surface area contributed by atoms with Gasteiger partial charge in [-0.05, 0) is 56.0 Å². The number of rotatable bonds is 4. The molecule has 0 radical (unpaired) electrons. The molecule has 22 heavy (non-hydrogen) atoms. The number of nitrogens with one attached hydrogen (secondary N) is 3. The minimum atomic E-state index is -0.0533. The van der Waals surface area contributed by atoms with E-state index in [1.807, 2.05) is 0 Å². The normalized spacial score (nSPS) is 27.0. The first-order valence-electron chi connectivity index (χ1n) is 8.06. The van der Waals surface area contributed by atoms with Crippen LogP contribution in [0.4, 0.5) is 5.69 Å². The van der Waals surface area contributed by atoms with E-state index in [-0.39, 0.29) is 23.8 Å². The van der Waals surface area contributed by atoms with Crippen molar-refractivity contribution >= 4 is 17.5 Å². The van der Waals surface area contributed by atoms with Crippen LogP contribution in [0, 0.1) is 11.8 Å². The highest BCUT2D eigenvalue weighted by atomic mass is 16.2. The van der Waals surface area contributed by atoms with Crippen LogP contribution in [-0.4, -0.2) is 30.9 Å². The van der Waals surface area contributed by atoms with E-state index in [2.05, 4.69) is 22.9 Å². The summed E-state index contributed by atoms with van der Waals surface area (Å²) in [6.07, 6.45) is 3.09. The second-order valence-corrected chi connectivity index (χ2v) is 6.40. The lowest BCUT2D eigenvalue weighted by molar-refractivity contribution is -0.117. The number of hydrogen-bond acceptors (Lipinski definition) is 3. The average Bonchev–Trinajstić information content (AvgIpc) is 3.26. The van der Waals surface area contributed by atoms with Gasteiger partial charge >= 0.3 is 0 Å². The molecule has 2 unspecified atom stereocenters. The molecule has 0 spiro atoms. The van der Waals surface area contributed by atoms with E-state index in [1.54, 1.807) is 24.3 Å². The largest absolute Gasteiger partial charge is 0.348 e. The van der Waals surface area contributed by atoms with Crippen molar-refractivity contribution in [3.05, 3.63) is 29.8 Å². The van der Waals surface area contributed by atoms with Gasteiger partial charge in [0.1, 0.15) is 0 Å². The zero-order valence-corrected chi connectivity index (χ0v) is 12.9. The van der Waals surface area contributed by atoms with Crippen molar-refractivity contribution in [1.29, 1.82) is 0 Å². The Kier molecular flexibility index (Phi) is 4.43. The summed E-state index contributed by atoms with van der Waals surface area (Å²) in [6.45, 7) is 3.94. The summed E-state index contributed by atoms with van der Waals surface area (Å²) in [6, 6.07) is 7.31. The average molecular weight is 301 g/mol. The van der Waals surface area contributed by atoms with Gasteiger partial charge < -0.3 is 16.0 Å². The highest BCUT2D eigenvalue weighted by Gasteiger charge is 2.39. The molecule has 3 N–H and O–H groups in total. The third-order valence-corrected chi connectivity index (χ3v) is 4.49. The summed E-state index contributed by atoms with van der Waals surface area (Å²) in [7, 11) is 0. The second kappa shape index (κ2) is 6.48. The predicted molar refractivity (Wildman–Crippen MR) is 85.7 cm³/mol. The lowest BCUT2D eigenvalue weighted by Gasteiger charge is -2.23. The molecule has 0 aromatic heterocycles. The van der Waals surface area contributed by atoms with Crippen molar-refractivity contribution in [2.24, 2.45) is 11.8 Å². The molecule has 2 amide bonds. The Morgan fingerprint density at radius 1 is 1.23 bits per heavy atom. The Balaban J connectivity index is 1.54. The van der Waals surface area contributed by atoms with E-state index in [4.69, 9.17) is 0 Å². The van der Waals surface area contributed by atoms with Gasteiger partial charge in [0.2, 0.25) is 5.91 Å². The second-order valence-electron chi connectivity index (χ2n) is 6.40. The molecule has 5 nitrogen and oxygen atoms in total. The summed E-state index contributed by atoms with van der Waals surface area (Å²) in [5, 5.41) is 9.22. The Morgan fingerprint density at radius 2 is 1.95 bits per heavy atom. The molecular weight excluding hydrogens is 278 g/mol. The minimum absolute atomic E-state index is 0.0533. The zero-order valence-electron chi connectivity index (χ0n) is 12.9. The van der Waals surface area contributed by atoms with Gasteiger partial charge in [-0.3, -0.25) is 9.59 Å². The lowest BCUT2D eigenvalue weighted by Crippen LogP contribution is -2.45. The van der Waals surface area contributed by atoms with Crippen molar-refractivity contribution < 1.29 is 9.59 Å². The summed E-state index contributed by atoms with van der Waals surface area (Å²) in [5.41, 5.74) is 1.38. The molecule has 5 heteroatoms. The molecule has 0 bridgehead atoms. The van der Waals surface area contributed by atoms with Crippen molar-refractivity contribution in [3.63, 3.8) is 0 Å². The Labute approximate surface area is 130 Å². The summed E-state index contributed by atoms with van der Waals surface area (Å²) < 4.78 is 0. The van der Waals surface area contributed by atoms with Gasteiger partial charge in [0.05, 0.1) is 0 Å². The summed E-state index contributed by atoms with van der Waals surface area (Å²) in [4.78, 5) is 24.1. The quantitative estimate of drug-likeness (QED) is 0.793. The Bertz CT molecular complexity index is 550. The summed E-state index contributed by atoms with van der Waals surface area (Å²) >= 11 is 0. The highest BCUT2D eigenvalue weighted by Crippen LogP contribution is 2.38. The van der Waals surface area contributed by atoms with E-state index in [9.17, 15) is 9.59 Å². The SMILES string of the molecule is CC1CC1C(=O)Nc1ccc(C(=O)N[C@H]2CCCNC2)cc1. The van der Waals surface area contributed by atoms with Crippen molar-refractivity contribution in [1.82, 2.24) is 10.6 Å². The van der Waals surface area contributed by atoms with E-state index >= 15 is 0 Å². The molecule has 1 heterocycles. The molecule has 2 aliphatic rings. The molecular formula is C17H23N3O2. The van der Waals surface area contributed by atoms with Crippen LogP contribution in [0.1, 0.15) is 36.5 Å². The molecule has 1 aromatic carbocycles. The molecule has 1 aliphatic carbocycles. The zero-order chi connectivity index (χ0) is 15.5. The van der Waals surface area contributed by atoms with Crippen LogP contribution in [0.25, 0.3) is 0 Å². The smallest absolute Gasteiger partial charge is 0.251 e. The van der Waals surface area contributed by atoms with Gasteiger partial charge in [-0.25, -0.2) is 0 Å². The van der Waals surface area contributed by atoms with Crippen LogP contribution in [0.2, 0.25) is 0 Å². The van der Waals surface area contributed by atoms with E-state index in [0.717, 1.165) is 38.0 Å². The fourth-order valence-corrected chi connectivity index (χ4v) is 2.87. The standard InChI is InChI=1S/C17H23N3O2/c1-11-9-15(11)17(22)19-13-6-4-12(5-7-13)16(21)20-14-3-2-8-18-10-14/h4-7,11,14-15,18H,2-3,8-10H2,1H3,(H,19,22)(H,20,21)/t11?,14-,15?/m0/s1. The number of benzene rings is 1.